The Hall–Kier alpha value is -1.23. The molecule has 2 atom stereocenters. The minimum absolute atomic E-state index is 0.0485. The monoisotopic (exact) mass is 273 g/mol. The fourth-order valence-electron chi connectivity index (χ4n) is 1.35. The van der Waals surface area contributed by atoms with Crippen LogP contribution >= 0.6 is 7.37 Å². The summed E-state index contributed by atoms with van der Waals surface area (Å²) in [5.41, 5.74) is 0.0485. The normalized spacial score (nSPS) is 15.7. The van der Waals surface area contributed by atoms with Gasteiger partial charge in [0, 0.05) is 6.20 Å². The second-order valence-electron chi connectivity index (χ2n) is 3.33. The number of hydrogen-bond donors (Lipinski definition) is 1. The molecule has 0 saturated carbocycles. The van der Waals surface area contributed by atoms with E-state index >= 15 is 0 Å². The predicted octanol–water partition coefficient (Wildman–Crippen LogP) is 0.903. The average Bonchev–Trinajstić information content (AvgIpc) is 2.39. The minimum Gasteiger partial charge on any atom is -0.464 e. The molecule has 0 bridgehead atoms. The van der Waals surface area contributed by atoms with Crippen LogP contribution in [0, 0.1) is 0 Å². The molecule has 0 aliphatic carbocycles. The van der Waals surface area contributed by atoms with E-state index in [0.717, 1.165) is 0 Å². The first-order valence-corrected chi connectivity index (χ1v) is 7.26. The molecule has 0 spiro atoms. The highest BCUT2D eigenvalue weighted by Gasteiger charge is 2.42. The highest BCUT2D eigenvalue weighted by atomic mass is 31.2. The summed E-state index contributed by atoms with van der Waals surface area (Å²) in [4.78, 5) is 15.4. The summed E-state index contributed by atoms with van der Waals surface area (Å²) in [7, 11) is -3.78. The molecule has 0 radical (unpaired) electrons. The van der Waals surface area contributed by atoms with Gasteiger partial charge in [-0.1, -0.05) is 6.07 Å². The molecule has 6 nitrogen and oxygen atoms in total. The lowest BCUT2D eigenvalue weighted by Crippen LogP contribution is -2.30. The fourth-order valence-corrected chi connectivity index (χ4v) is 3.13. The zero-order valence-electron chi connectivity index (χ0n) is 10.3. The van der Waals surface area contributed by atoms with Crippen molar-refractivity contribution in [1.82, 2.24) is 4.98 Å². The van der Waals surface area contributed by atoms with Gasteiger partial charge < -0.3 is 14.4 Å². The van der Waals surface area contributed by atoms with E-state index in [9.17, 15) is 14.5 Å². The molecule has 1 aromatic heterocycles. The minimum atomic E-state index is -3.78. The van der Waals surface area contributed by atoms with Crippen LogP contribution in [0.15, 0.2) is 24.4 Å². The molecule has 0 aliphatic heterocycles. The van der Waals surface area contributed by atoms with Gasteiger partial charge in [0.2, 0.25) is 5.85 Å². The first-order chi connectivity index (χ1) is 8.56. The van der Waals surface area contributed by atoms with Crippen molar-refractivity contribution in [2.45, 2.75) is 19.7 Å². The molecule has 0 saturated heterocycles. The Morgan fingerprint density at radius 1 is 1.44 bits per heavy atom. The third kappa shape index (κ3) is 3.16. The van der Waals surface area contributed by atoms with Crippen molar-refractivity contribution < 1.29 is 23.7 Å². The van der Waals surface area contributed by atoms with Crippen LogP contribution in [-0.4, -0.2) is 35.1 Å². The summed E-state index contributed by atoms with van der Waals surface area (Å²) < 4.78 is 22.3. The van der Waals surface area contributed by atoms with Crippen LogP contribution in [0.2, 0.25) is 0 Å². The van der Waals surface area contributed by atoms with Crippen LogP contribution in [0.1, 0.15) is 13.8 Å². The Morgan fingerprint density at radius 2 is 2.17 bits per heavy atom. The number of esters is 1. The number of aromatic nitrogens is 1. The number of nitrogens with zero attached hydrogens (tertiary/aromatic N) is 1. The molecule has 1 rings (SSSR count). The molecule has 1 heterocycles. The quantitative estimate of drug-likeness (QED) is 0.612. The van der Waals surface area contributed by atoms with E-state index in [0.29, 0.717) is 0 Å². The maximum Gasteiger partial charge on any atom is 0.345 e. The van der Waals surface area contributed by atoms with E-state index < -0.39 is 19.2 Å². The molecule has 100 valence electrons. The summed E-state index contributed by atoms with van der Waals surface area (Å²) in [5.74, 6) is -2.83. The van der Waals surface area contributed by atoms with E-state index in [4.69, 9.17) is 4.52 Å². The summed E-state index contributed by atoms with van der Waals surface area (Å²) in [5, 5.41) is 9.85. The second-order valence-corrected chi connectivity index (χ2v) is 5.73. The Kier molecular flexibility index (Phi) is 5.47. The van der Waals surface area contributed by atoms with E-state index in [-0.39, 0.29) is 18.6 Å². The van der Waals surface area contributed by atoms with Gasteiger partial charge in [-0.3, -0.25) is 9.55 Å². The van der Waals surface area contributed by atoms with Crippen LogP contribution in [0.4, 0.5) is 0 Å². The molecule has 0 aromatic carbocycles. The van der Waals surface area contributed by atoms with Gasteiger partial charge >= 0.3 is 5.97 Å². The maximum absolute atomic E-state index is 12.6. The number of hydrogen-bond acceptors (Lipinski definition) is 6. The summed E-state index contributed by atoms with van der Waals surface area (Å²) in [6.45, 7) is 3.39. The number of aliphatic hydroxyl groups is 1. The molecule has 1 N–H and O–H groups in total. The van der Waals surface area contributed by atoms with Crippen molar-refractivity contribution in [2.24, 2.45) is 0 Å². The SMILES string of the molecule is CCOC(=O)C(O)P(=O)(OCC)c1ccccn1. The number of carbonyl (C=O) groups is 1. The number of pyridine rings is 1. The first-order valence-electron chi connectivity index (χ1n) is 5.56. The Morgan fingerprint density at radius 3 is 2.67 bits per heavy atom. The van der Waals surface area contributed by atoms with Gasteiger partial charge in [0.05, 0.1) is 13.2 Å². The summed E-state index contributed by atoms with van der Waals surface area (Å²) >= 11 is 0. The molecule has 18 heavy (non-hydrogen) atoms. The summed E-state index contributed by atoms with van der Waals surface area (Å²) in [6.07, 6.45) is 1.42. The van der Waals surface area contributed by atoms with Crippen LogP contribution in [0.25, 0.3) is 0 Å². The largest absolute Gasteiger partial charge is 0.464 e. The lowest BCUT2D eigenvalue weighted by Gasteiger charge is -2.21. The maximum atomic E-state index is 12.6. The zero-order chi connectivity index (χ0) is 13.6. The molecular weight excluding hydrogens is 257 g/mol. The molecule has 7 heteroatoms. The predicted molar refractivity (Wildman–Crippen MR) is 65.7 cm³/mol. The zero-order valence-corrected chi connectivity index (χ0v) is 11.2. The van der Waals surface area contributed by atoms with E-state index in [1.807, 2.05) is 0 Å². The third-order valence-electron chi connectivity index (χ3n) is 2.11. The fraction of sp³-hybridized carbons (Fsp3) is 0.455. The lowest BCUT2D eigenvalue weighted by atomic mass is 10.5. The van der Waals surface area contributed by atoms with Crippen LogP contribution in [0.3, 0.4) is 0 Å². The molecular formula is C11H16NO5P. The second kappa shape index (κ2) is 6.64. The van der Waals surface area contributed by atoms with E-state index in [1.54, 1.807) is 26.0 Å². The number of carbonyl (C=O) groups excluding carboxylic acids is 1. The number of aliphatic hydroxyl groups excluding tert-OH is 1. The molecule has 0 aliphatic rings. The van der Waals surface area contributed by atoms with Crippen LogP contribution < -0.4 is 5.44 Å². The van der Waals surface area contributed by atoms with Crippen molar-refractivity contribution in [1.29, 1.82) is 0 Å². The Labute approximate surface area is 105 Å². The molecule has 0 amide bonds. The Bertz CT molecular complexity index is 436. The smallest absolute Gasteiger partial charge is 0.345 e. The van der Waals surface area contributed by atoms with E-state index in [2.05, 4.69) is 9.72 Å². The van der Waals surface area contributed by atoms with E-state index in [1.165, 1.54) is 12.3 Å². The van der Waals surface area contributed by atoms with Gasteiger partial charge in [-0.25, -0.2) is 4.79 Å². The molecule has 1 aromatic rings. The van der Waals surface area contributed by atoms with Crippen molar-refractivity contribution in [3.8, 4) is 0 Å². The lowest BCUT2D eigenvalue weighted by molar-refractivity contribution is -0.148. The standard InChI is InChI=1S/C11H16NO5P/c1-3-16-10(13)11(14)18(15,17-4-2)9-7-5-6-8-12-9/h5-8,11,14H,3-4H2,1-2H3. The highest BCUT2D eigenvalue weighted by molar-refractivity contribution is 7.68. The third-order valence-corrected chi connectivity index (χ3v) is 4.51. The average molecular weight is 273 g/mol. The van der Waals surface area contributed by atoms with Crippen molar-refractivity contribution in [3.63, 3.8) is 0 Å². The van der Waals surface area contributed by atoms with Crippen molar-refractivity contribution >= 4 is 18.8 Å². The van der Waals surface area contributed by atoms with Gasteiger partial charge in [-0.15, -0.1) is 0 Å². The van der Waals surface area contributed by atoms with Crippen molar-refractivity contribution in [2.75, 3.05) is 13.2 Å². The first kappa shape index (κ1) is 14.8. The summed E-state index contributed by atoms with van der Waals surface area (Å²) in [6, 6.07) is 4.68. The Balaban J connectivity index is 3.08. The van der Waals surface area contributed by atoms with Gasteiger partial charge in [0.15, 0.2) is 0 Å². The van der Waals surface area contributed by atoms with Crippen LogP contribution in [0.5, 0.6) is 0 Å². The number of ether oxygens (including phenoxy) is 1. The van der Waals surface area contributed by atoms with Gasteiger partial charge in [-0.05, 0) is 26.0 Å². The van der Waals surface area contributed by atoms with Crippen molar-refractivity contribution in [3.05, 3.63) is 24.4 Å². The topological polar surface area (TPSA) is 85.7 Å². The molecule has 2 unspecified atom stereocenters. The number of rotatable bonds is 6. The van der Waals surface area contributed by atoms with Gasteiger partial charge in [0.25, 0.3) is 7.37 Å². The van der Waals surface area contributed by atoms with Gasteiger partial charge in [0.1, 0.15) is 5.44 Å². The highest BCUT2D eigenvalue weighted by Crippen LogP contribution is 2.49. The molecule has 0 fully saturated rings. The van der Waals surface area contributed by atoms with Crippen LogP contribution in [-0.2, 0) is 18.6 Å². The van der Waals surface area contributed by atoms with Gasteiger partial charge in [-0.2, -0.15) is 0 Å².